The average molecular weight is 604 g/mol. The molecular formula is C34H33N7O4. The summed E-state index contributed by atoms with van der Waals surface area (Å²) in [5.41, 5.74) is 5.62. The number of aromatic nitrogens is 5. The Hall–Kier alpha value is -5.68. The zero-order chi connectivity index (χ0) is 31.2. The Kier molecular flexibility index (Phi) is 8.70. The third kappa shape index (κ3) is 6.94. The van der Waals surface area contributed by atoms with Crippen LogP contribution in [0.4, 0.5) is 10.5 Å². The molecule has 3 aromatic carbocycles. The van der Waals surface area contributed by atoms with Crippen molar-refractivity contribution in [2.45, 2.75) is 32.1 Å². The summed E-state index contributed by atoms with van der Waals surface area (Å²) in [6.07, 6.45) is 5.59. The fraction of sp³-hybridized carbons (Fsp3) is 0.176. The number of hydrogen-bond acceptors (Lipinski definition) is 7. The van der Waals surface area contributed by atoms with Crippen molar-refractivity contribution in [1.82, 2.24) is 29.8 Å². The number of ether oxygens (including phenoxy) is 1. The number of carbonyl (C=O) groups is 1. The standard InChI is InChI=1S/C34H33N7O4/c1-22-16-25(41-15-14-35-21-41)18-28-31(22)40-32(39-28)30-26(12-13-36-33(30)43)38-27(17-23-8-4-2-5-9-23)29(42)19-37-34(44)45-20-24-10-6-3-7-11-24/h2-16,18,21,27,29,42H,17,19-20H2,1H3,(H,37,44)(H,39,40)(H2,36,38,43)/t27-,29-/m0/s1. The van der Waals surface area contributed by atoms with Crippen molar-refractivity contribution in [2.24, 2.45) is 0 Å². The highest BCUT2D eigenvalue weighted by Crippen LogP contribution is 2.28. The minimum absolute atomic E-state index is 0.0719. The number of H-pyrrole nitrogens is 2. The molecule has 5 N–H and O–H groups in total. The number of hydrogen-bond donors (Lipinski definition) is 5. The van der Waals surface area contributed by atoms with E-state index < -0.39 is 18.2 Å². The molecule has 0 fully saturated rings. The first-order valence-corrected chi connectivity index (χ1v) is 14.6. The Morgan fingerprint density at radius 2 is 1.80 bits per heavy atom. The molecule has 0 aliphatic heterocycles. The summed E-state index contributed by atoms with van der Waals surface area (Å²) in [5, 5.41) is 17.4. The number of imidazole rings is 2. The van der Waals surface area contributed by atoms with Crippen molar-refractivity contribution >= 4 is 22.8 Å². The number of aliphatic hydroxyl groups excluding tert-OH is 1. The molecule has 0 radical (unpaired) electrons. The molecule has 2 atom stereocenters. The number of rotatable bonds is 11. The molecule has 0 saturated heterocycles. The number of fused-ring (bicyclic) bond motifs is 1. The minimum Gasteiger partial charge on any atom is -0.445 e. The first-order valence-electron chi connectivity index (χ1n) is 14.6. The maximum atomic E-state index is 13.3. The summed E-state index contributed by atoms with van der Waals surface area (Å²) in [4.78, 5) is 40.7. The van der Waals surface area contributed by atoms with E-state index in [1.54, 1.807) is 24.8 Å². The van der Waals surface area contributed by atoms with Gasteiger partial charge < -0.3 is 35.0 Å². The minimum atomic E-state index is -1.03. The van der Waals surface area contributed by atoms with E-state index in [1.807, 2.05) is 90.5 Å². The van der Waals surface area contributed by atoms with Crippen LogP contribution in [-0.4, -0.2) is 54.4 Å². The van der Waals surface area contributed by atoms with E-state index >= 15 is 0 Å². The first kappa shape index (κ1) is 29.4. The fourth-order valence-corrected chi connectivity index (χ4v) is 5.24. The van der Waals surface area contributed by atoms with Crippen LogP contribution in [0.5, 0.6) is 0 Å². The van der Waals surface area contributed by atoms with Crippen LogP contribution >= 0.6 is 0 Å². The van der Waals surface area contributed by atoms with Crippen molar-refractivity contribution in [1.29, 1.82) is 0 Å². The number of pyridine rings is 1. The molecule has 1 amide bonds. The molecule has 0 saturated carbocycles. The third-order valence-electron chi connectivity index (χ3n) is 7.53. The summed E-state index contributed by atoms with van der Waals surface area (Å²) >= 11 is 0. The maximum Gasteiger partial charge on any atom is 0.407 e. The first-order chi connectivity index (χ1) is 21.9. The predicted octanol–water partition coefficient (Wildman–Crippen LogP) is 4.72. The van der Waals surface area contributed by atoms with Crippen LogP contribution < -0.4 is 16.2 Å². The Morgan fingerprint density at radius 1 is 1.04 bits per heavy atom. The van der Waals surface area contributed by atoms with Gasteiger partial charge in [0.05, 0.1) is 35.2 Å². The zero-order valence-electron chi connectivity index (χ0n) is 24.6. The van der Waals surface area contributed by atoms with Crippen LogP contribution in [0.15, 0.2) is 109 Å². The van der Waals surface area contributed by atoms with E-state index in [2.05, 4.69) is 25.6 Å². The smallest absolute Gasteiger partial charge is 0.407 e. The molecule has 3 heterocycles. The van der Waals surface area contributed by atoms with Crippen molar-refractivity contribution < 1.29 is 14.6 Å². The third-order valence-corrected chi connectivity index (χ3v) is 7.53. The van der Waals surface area contributed by atoms with Crippen molar-refractivity contribution in [3.05, 3.63) is 131 Å². The highest BCUT2D eigenvalue weighted by molar-refractivity contribution is 5.86. The second-order valence-corrected chi connectivity index (χ2v) is 10.8. The highest BCUT2D eigenvalue weighted by atomic mass is 16.5. The number of carbonyl (C=O) groups excluding carboxylic acids is 1. The number of aliphatic hydroxyl groups is 1. The number of aryl methyl sites for hydroxylation is 1. The number of aromatic amines is 2. The van der Waals surface area contributed by atoms with E-state index in [1.165, 1.54) is 0 Å². The van der Waals surface area contributed by atoms with Gasteiger partial charge in [0, 0.05) is 30.8 Å². The molecule has 0 bridgehead atoms. The van der Waals surface area contributed by atoms with Gasteiger partial charge in [0.2, 0.25) is 0 Å². The highest BCUT2D eigenvalue weighted by Gasteiger charge is 2.24. The van der Waals surface area contributed by atoms with E-state index in [-0.39, 0.29) is 18.7 Å². The lowest BCUT2D eigenvalue weighted by atomic mass is 10.00. The molecule has 0 aliphatic rings. The van der Waals surface area contributed by atoms with E-state index in [0.29, 0.717) is 23.5 Å². The van der Waals surface area contributed by atoms with Crippen LogP contribution in [-0.2, 0) is 17.8 Å². The van der Waals surface area contributed by atoms with Crippen LogP contribution in [0.2, 0.25) is 0 Å². The number of nitrogens with one attached hydrogen (secondary N) is 4. The van der Waals surface area contributed by atoms with E-state index in [9.17, 15) is 14.7 Å². The molecule has 3 aromatic heterocycles. The molecule has 228 valence electrons. The molecular weight excluding hydrogens is 570 g/mol. The fourth-order valence-electron chi connectivity index (χ4n) is 5.24. The molecule has 11 nitrogen and oxygen atoms in total. The Balaban J connectivity index is 1.25. The SMILES string of the molecule is Cc1cc(-n2ccnc2)cc2[nH]c(-c3c(N[C@@H](Cc4ccccc4)[C@@H](O)CNC(=O)OCc4ccccc4)cc[nH]c3=O)nc12. The Labute approximate surface area is 259 Å². The van der Waals surface area contributed by atoms with E-state index in [0.717, 1.165) is 33.4 Å². The number of anilines is 1. The largest absolute Gasteiger partial charge is 0.445 e. The molecule has 45 heavy (non-hydrogen) atoms. The molecule has 0 spiro atoms. The predicted molar refractivity (Wildman–Crippen MR) is 172 cm³/mol. The summed E-state index contributed by atoms with van der Waals surface area (Å²) in [7, 11) is 0. The van der Waals surface area contributed by atoms with Gasteiger partial charge in [0.15, 0.2) is 0 Å². The lowest BCUT2D eigenvalue weighted by Gasteiger charge is -2.26. The molecule has 11 heteroatoms. The van der Waals surface area contributed by atoms with Crippen LogP contribution in [0.1, 0.15) is 16.7 Å². The number of benzene rings is 3. The van der Waals surface area contributed by atoms with Crippen molar-refractivity contribution in [3.8, 4) is 17.1 Å². The number of nitrogens with zero attached hydrogens (tertiary/aromatic N) is 3. The van der Waals surface area contributed by atoms with Crippen LogP contribution in [0.3, 0.4) is 0 Å². The van der Waals surface area contributed by atoms with E-state index in [4.69, 9.17) is 9.72 Å². The van der Waals surface area contributed by atoms with Gasteiger partial charge in [-0.25, -0.2) is 14.8 Å². The van der Waals surface area contributed by atoms with Gasteiger partial charge in [-0.15, -0.1) is 0 Å². The van der Waals surface area contributed by atoms with Gasteiger partial charge in [-0.3, -0.25) is 4.79 Å². The second-order valence-electron chi connectivity index (χ2n) is 10.8. The lowest BCUT2D eigenvalue weighted by molar-refractivity contribution is 0.119. The molecule has 0 aliphatic carbocycles. The summed E-state index contributed by atoms with van der Waals surface area (Å²) < 4.78 is 7.21. The normalized spacial score (nSPS) is 12.5. The maximum absolute atomic E-state index is 13.3. The zero-order valence-corrected chi connectivity index (χ0v) is 24.6. The number of alkyl carbamates (subject to hydrolysis) is 1. The lowest BCUT2D eigenvalue weighted by Crippen LogP contribution is -2.44. The van der Waals surface area contributed by atoms with Gasteiger partial charge in [0.25, 0.3) is 5.56 Å². The van der Waals surface area contributed by atoms with Gasteiger partial charge in [-0.2, -0.15) is 0 Å². The van der Waals surface area contributed by atoms with Gasteiger partial charge in [-0.1, -0.05) is 60.7 Å². The van der Waals surface area contributed by atoms with Gasteiger partial charge >= 0.3 is 6.09 Å². The van der Waals surface area contributed by atoms with Gasteiger partial charge in [0.1, 0.15) is 18.0 Å². The average Bonchev–Trinajstić information content (AvgIpc) is 3.75. The summed E-state index contributed by atoms with van der Waals surface area (Å²) in [5.74, 6) is 0.385. The summed E-state index contributed by atoms with van der Waals surface area (Å²) in [6, 6.07) is 24.2. The van der Waals surface area contributed by atoms with Crippen LogP contribution in [0.25, 0.3) is 28.1 Å². The molecule has 6 rings (SSSR count). The molecule has 6 aromatic rings. The van der Waals surface area contributed by atoms with Crippen LogP contribution in [0, 0.1) is 6.92 Å². The Bertz CT molecular complexity index is 1940. The number of amides is 1. The van der Waals surface area contributed by atoms with Crippen molar-refractivity contribution in [3.63, 3.8) is 0 Å². The quantitative estimate of drug-likeness (QED) is 0.144. The van der Waals surface area contributed by atoms with Gasteiger partial charge in [-0.05, 0) is 48.2 Å². The second kappa shape index (κ2) is 13.3. The monoisotopic (exact) mass is 603 g/mol. The van der Waals surface area contributed by atoms with Crippen molar-refractivity contribution in [2.75, 3.05) is 11.9 Å². The molecule has 0 unspecified atom stereocenters. The summed E-state index contributed by atoms with van der Waals surface area (Å²) in [6.45, 7) is 2.01. The Morgan fingerprint density at radius 3 is 2.53 bits per heavy atom. The topological polar surface area (TPSA) is 150 Å².